The minimum absolute atomic E-state index is 0.121. The van der Waals surface area contributed by atoms with Crippen LogP contribution in [0.3, 0.4) is 0 Å². The highest BCUT2D eigenvalue weighted by molar-refractivity contribution is 6.37. The zero-order valence-corrected chi connectivity index (χ0v) is 11.9. The Labute approximate surface area is 122 Å². The van der Waals surface area contributed by atoms with Gasteiger partial charge in [0.25, 0.3) is 0 Å². The number of β-amino-alcohol motifs (C(OH)–C–C–N with tert-alkyl or cyclic N) is 2. The van der Waals surface area contributed by atoms with Gasteiger partial charge in [-0.05, 0) is 18.6 Å². The van der Waals surface area contributed by atoms with Crippen molar-refractivity contribution in [3.8, 4) is 5.75 Å². The van der Waals surface area contributed by atoms with E-state index in [0.29, 0.717) is 28.9 Å². The van der Waals surface area contributed by atoms with Gasteiger partial charge in [0, 0.05) is 19.6 Å². The summed E-state index contributed by atoms with van der Waals surface area (Å²) in [7, 11) is 0. The molecule has 1 fully saturated rings. The van der Waals surface area contributed by atoms with Gasteiger partial charge < -0.3 is 14.9 Å². The second-order valence-electron chi connectivity index (χ2n) is 4.72. The van der Waals surface area contributed by atoms with E-state index in [0.717, 1.165) is 13.0 Å². The Bertz CT molecular complexity index is 410. The monoisotopic (exact) mass is 305 g/mol. The predicted octanol–water partition coefficient (Wildman–Crippen LogP) is 1.80. The molecule has 2 rings (SSSR count). The predicted molar refractivity (Wildman–Crippen MR) is 75.0 cm³/mol. The summed E-state index contributed by atoms with van der Waals surface area (Å²) in [5.74, 6) is 0.395. The Balaban J connectivity index is 1.81. The first kappa shape index (κ1) is 14.9. The van der Waals surface area contributed by atoms with E-state index in [2.05, 4.69) is 0 Å². The van der Waals surface area contributed by atoms with Crippen molar-refractivity contribution < 1.29 is 14.9 Å². The summed E-state index contributed by atoms with van der Waals surface area (Å²) in [5.41, 5.74) is 0. The number of benzene rings is 1. The Kier molecular flexibility index (Phi) is 5.30. The van der Waals surface area contributed by atoms with Crippen molar-refractivity contribution in [2.45, 2.75) is 18.6 Å². The molecule has 1 aliphatic rings. The highest BCUT2D eigenvalue weighted by Gasteiger charge is 2.22. The number of nitrogens with zero attached hydrogens (tertiary/aromatic N) is 1. The molecule has 1 aliphatic heterocycles. The van der Waals surface area contributed by atoms with E-state index in [1.54, 1.807) is 18.2 Å². The minimum atomic E-state index is -0.641. The SMILES string of the molecule is OC(COc1c(Cl)cccc1Cl)CN1CC[C@H](O)C1. The number of para-hydroxylation sites is 1. The third-order valence-corrected chi connectivity index (χ3v) is 3.65. The normalized spacial score (nSPS) is 21.6. The summed E-state index contributed by atoms with van der Waals surface area (Å²) in [6.45, 7) is 1.99. The third kappa shape index (κ3) is 4.23. The Morgan fingerprint density at radius 2 is 2.05 bits per heavy atom. The number of hydrogen-bond acceptors (Lipinski definition) is 4. The van der Waals surface area contributed by atoms with Gasteiger partial charge >= 0.3 is 0 Å². The van der Waals surface area contributed by atoms with Gasteiger partial charge in [-0.1, -0.05) is 29.3 Å². The van der Waals surface area contributed by atoms with Crippen molar-refractivity contribution in [3.63, 3.8) is 0 Å². The molecule has 6 heteroatoms. The first-order valence-corrected chi connectivity index (χ1v) is 6.97. The minimum Gasteiger partial charge on any atom is -0.488 e. The molecule has 0 aliphatic carbocycles. The Morgan fingerprint density at radius 1 is 1.37 bits per heavy atom. The molecule has 106 valence electrons. The number of aliphatic hydroxyl groups is 2. The summed E-state index contributed by atoms with van der Waals surface area (Å²) >= 11 is 11.9. The smallest absolute Gasteiger partial charge is 0.156 e. The van der Waals surface area contributed by atoms with Crippen LogP contribution in [0.2, 0.25) is 10.0 Å². The lowest BCUT2D eigenvalue weighted by molar-refractivity contribution is 0.0708. The van der Waals surface area contributed by atoms with E-state index in [1.807, 2.05) is 4.90 Å². The number of rotatable bonds is 5. The fraction of sp³-hybridized carbons (Fsp3) is 0.538. The van der Waals surface area contributed by atoms with E-state index in [1.165, 1.54) is 0 Å². The molecule has 1 aromatic carbocycles. The van der Waals surface area contributed by atoms with Gasteiger partial charge in [-0.15, -0.1) is 0 Å². The number of halogens is 2. The summed E-state index contributed by atoms with van der Waals surface area (Å²) in [5, 5.41) is 20.2. The maximum Gasteiger partial charge on any atom is 0.156 e. The van der Waals surface area contributed by atoms with Gasteiger partial charge in [0.15, 0.2) is 5.75 Å². The molecular formula is C13H17Cl2NO3. The fourth-order valence-corrected chi connectivity index (χ4v) is 2.64. The maximum absolute atomic E-state index is 9.90. The highest BCUT2D eigenvalue weighted by Crippen LogP contribution is 2.32. The van der Waals surface area contributed by atoms with E-state index in [-0.39, 0.29) is 12.7 Å². The molecule has 0 saturated carbocycles. The Morgan fingerprint density at radius 3 is 2.63 bits per heavy atom. The van der Waals surface area contributed by atoms with E-state index < -0.39 is 6.10 Å². The van der Waals surface area contributed by atoms with Crippen LogP contribution in [0.15, 0.2) is 18.2 Å². The maximum atomic E-state index is 9.90. The number of ether oxygens (including phenoxy) is 1. The zero-order chi connectivity index (χ0) is 13.8. The van der Waals surface area contributed by atoms with Crippen LogP contribution >= 0.6 is 23.2 Å². The number of aliphatic hydroxyl groups excluding tert-OH is 2. The lowest BCUT2D eigenvalue weighted by Crippen LogP contribution is -2.34. The lowest BCUT2D eigenvalue weighted by Gasteiger charge is -2.20. The van der Waals surface area contributed by atoms with Crippen molar-refractivity contribution in [1.82, 2.24) is 4.90 Å². The molecule has 0 amide bonds. The first-order valence-electron chi connectivity index (χ1n) is 6.21. The van der Waals surface area contributed by atoms with Crippen LogP contribution < -0.4 is 4.74 Å². The van der Waals surface area contributed by atoms with E-state index in [4.69, 9.17) is 27.9 Å². The van der Waals surface area contributed by atoms with Crippen LogP contribution in [-0.2, 0) is 0 Å². The van der Waals surface area contributed by atoms with E-state index in [9.17, 15) is 10.2 Å². The molecule has 1 aromatic rings. The molecule has 0 spiro atoms. The number of likely N-dealkylation sites (tertiary alicyclic amines) is 1. The highest BCUT2D eigenvalue weighted by atomic mass is 35.5. The molecule has 0 aromatic heterocycles. The molecule has 1 saturated heterocycles. The van der Waals surface area contributed by atoms with Crippen LogP contribution in [-0.4, -0.2) is 53.6 Å². The first-order chi connectivity index (χ1) is 9.06. The van der Waals surface area contributed by atoms with Crippen LogP contribution in [0, 0.1) is 0 Å². The molecular weight excluding hydrogens is 289 g/mol. The molecule has 1 heterocycles. The lowest BCUT2D eigenvalue weighted by atomic mass is 10.3. The van der Waals surface area contributed by atoms with Crippen LogP contribution in [0.4, 0.5) is 0 Å². The molecule has 2 atom stereocenters. The zero-order valence-electron chi connectivity index (χ0n) is 10.4. The van der Waals surface area contributed by atoms with Crippen LogP contribution in [0.5, 0.6) is 5.75 Å². The quantitative estimate of drug-likeness (QED) is 0.871. The van der Waals surface area contributed by atoms with Crippen molar-refractivity contribution >= 4 is 23.2 Å². The molecule has 0 radical (unpaired) electrons. The summed E-state index contributed by atoms with van der Waals surface area (Å²) in [6.07, 6.45) is -0.173. The van der Waals surface area contributed by atoms with Gasteiger partial charge in [0.05, 0.1) is 16.1 Å². The largest absolute Gasteiger partial charge is 0.488 e. The van der Waals surface area contributed by atoms with Crippen molar-refractivity contribution in [2.75, 3.05) is 26.2 Å². The summed E-state index contributed by atoms with van der Waals surface area (Å²) in [6, 6.07) is 5.11. The average molecular weight is 306 g/mol. The standard InChI is InChI=1S/C13H17Cl2NO3/c14-11-2-1-3-12(15)13(11)19-8-10(18)7-16-5-4-9(17)6-16/h1-3,9-10,17-18H,4-8H2/t9-,10?/m0/s1. The van der Waals surface area contributed by atoms with Gasteiger partial charge in [-0.2, -0.15) is 0 Å². The molecule has 4 nitrogen and oxygen atoms in total. The second kappa shape index (κ2) is 6.77. The average Bonchev–Trinajstić information content (AvgIpc) is 2.74. The topological polar surface area (TPSA) is 52.9 Å². The van der Waals surface area contributed by atoms with Gasteiger partial charge in [0.2, 0.25) is 0 Å². The van der Waals surface area contributed by atoms with Gasteiger partial charge in [-0.3, -0.25) is 4.90 Å². The molecule has 1 unspecified atom stereocenters. The number of hydrogen-bond donors (Lipinski definition) is 2. The molecule has 2 N–H and O–H groups in total. The fourth-order valence-electron chi connectivity index (χ4n) is 2.13. The Hall–Kier alpha value is -0.520. The molecule has 0 bridgehead atoms. The third-order valence-electron chi connectivity index (χ3n) is 3.06. The van der Waals surface area contributed by atoms with Crippen molar-refractivity contribution in [2.24, 2.45) is 0 Å². The van der Waals surface area contributed by atoms with E-state index >= 15 is 0 Å². The second-order valence-corrected chi connectivity index (χ2v) is 5.53. The summed E-state index contributed by atoms with van der Waals surface area (Å²) < 4.78 is 5.46. The van der Waals surface area contributed by atoms with Gasteiger partial charge in [0.1, 0.15) is 12.7 Å². The van der Waals surface area contributed by atoms with Crippen molar-refractivity contribution in [1.29, 1.82) is 0 Å². The van der Waals surface area contributed by atoms with Gasteiger partial charge in [-0.25, -0.2) is 0 Å². The van der Waals surface area contributed by atoms with Crippen LogP contribution in [0.25, 0.3) is 0 Å². The van der Waals surface area contributed by atoms with Crippen LogP contribution in [0.1, 0.15) is 6.42 Å². The summed E-state index contributed by atoms with van der Waals surface area (Å²) in [4.78, 5) is 2.01. The molecule has 19 heavy (non-hydrogen) atoms. The van der Waals surface area contributed by atoms with Crippen molar-refractivity contribution in [3.05, 3.63) is 28.2 Å².